The number of nitrogens with one attached hydrogen (secondary N) is 2. The zero-order valence-electron chi connectivity index (χ0n) is 18.9. The van der Waals surface area contributed by atoms with Gasteiger partial charge in [-0.3, -0.25) is 9.59 Å². The third kappa shape index (κ3) is 5.49. The molecule has 2 fully saturated rings. The average molecular weight is 436 g/mol. The molecular weight excluding hydrogens is 402 g/mol. The average Bonchev–Trinajstić information content (AvgIpc) is 3.37. The first-order chi connectivity index (χ1) is 15.6. The number of aryl methyl sites for hydroxylation is 1. The smallest absolute Gasteiger partial charge is 0.255 e. The molecule has 0 aromatic heterocycles. The molecular formula is C26H33N3O3. The summed E-state index contributed by atoms with van der Waals surface area (Å²) < 4.78 is 5.65. The summed E-state index contributed by atoms with van der Waals surface area (Å²) in [5.74, 6) is -0.298. The lowest BCUT2D eigenvalue weighted by Gasteiger charge is -2.30. The molecule has 0 aliphatic carbocycles. The molecule has 2 amide bonds. The molecule has 2 aliphatic heterocycles. The SMILES string of the molecule is CCc1ccc(C(=O)Nc2ccc(N3CCCCC3)c(C(=O)NCC3CCCO3)c2)cc1. The molecule has 2 aromatic carbocycles. The minimum Gasteiger partial charge on any atom is -0.376 e. The summed E-state index contributed by atoms with van der Waals surface area (Å²) in [4.78, 5) is 28.2. The fourth-order valence-electron chi connectivity index (χ4n) is 4.41. The highest BCUT2D eigenvalue weighted by atomic mass is 16.5. The van der Waals surface area contributed by atoms with E-state index < -0.39 is 0 Å². The molecule has 0 bridgehead atoms. The molecule has 2 aromatic rings. The zero-order valence-corrected chi connectivity index (χ0v) is 18.9. The predicted octanol–water partition coefficient (Wildman–Crippen LogP) is 4.40. The molecule has 0 spiro atoms. The van der Waals surface area contributed by atoms with Gasteiger partial charge in [0.05, 0.1) is 11.7 Å². The molecule has 170 valence electrons. The topological polar surface area (TPSA) is 70.7 Å². The third-order valence-electron chi connectivity index (χ3n) is 6.33. The van der Waals surface area contributed by atoms with Crippen LogP contribution in [-0.4, -0.2) is 44.2 Å². The van der Waals surface area contributed by atoms with Gasteiger partial charge in [0.25, 0.3) is 11.8 Å². The maximum Gasteiger partial charge on any atom is 0.255 e. The van der Waals surface area contributed by atoms with Gasteiger partial charge in [-0.05, 0) is 74.4 Å². The first-order valence-corrected chi connectivity index (χ1v) is 11.8. The van der Waals surface area contributed by atoms with Crippen molar-refractivity contribution in [3.63, 3.8) is 0 Å². The second kappa shape index (κ2) is 10.6. The Morgan fingerprint density at radius 3 is 2.47 bits per heavy atom. The lowest BCUT2D eigenvalue weighted by atomic mass is 10.1. The van der Waals surface area contributed by atoms with Crippen LogP contribution in [0.4, 0.5) is 11.4 Å². The summed E-state index contributed by atoms with van der Waals surface area (Å²) in [5.41, 5.74) is 3.95. The van der Waals surface area contributed by atoms with Gasteiger partial charge in [-0.25, -0.2) is 0 Å². The minimum atomic E-state index is -0.177. The van der Waals surface area contributed by atoms with E-state index in [1.165, 1.54) is 12.0 Å². The highest BCUT2D eigenvalue weighted by molar-refractivity contribution is 6.06. The maximum absolute atomic E-state index is 13.1. The number of piperidine rings is 1. The van der Waals surface area contributed by atoms with Crippen molar-refractivity contribution >= 4 is 23.2 Å². The van der Waals surface area contributed by atoms with Crippen molar-refractivity contribution in [3.8, 4) is 0 Å². The van der Waals surface area contributed by atoms with E-state index in [9.17, 15) is 9.59 Å². The standard InChI is InChI=1S/C26H33N3O3/c1-2-19-8-10-20(11-9-19)25(30)28-21-12-13-24(29-14-4-3-5-15-29)23(17-21)26(31)27-18-22-7-6-16-32-22/h8-13,17,22H,2-7,14-16,18H2,1H3,(H,27,31)(H,28,30). The monoisotopic (exact) mass is 435 g/mol. The fourth-order valence-corrected chi connectivity index (χ4v) is 4.41. The largest absolute Gasteiger partial charge is 0.376 e. The highest BCUT2D eigenvalue weighted by Gasteiger charge is 2.22. The van der Waals surface area contributed by atoms with E-state index in [2.05, 4.69) is 22.5 Å². The number of nitrogens with zero attached hydrogens (tertiary/aromatic N) is 1. The zero-order chi connectivity index (χ0) is 22.3. The van der Waals surface area contributed by atoms with Crippen molar-refractivity contribution < 1.29 is 14.3 Å². The Kier molecular flexibility index (Phi) is 7.43. The summed E-state index contributed by atoms with van der Waals surface area (Å²) in [6, 6.07) is 13.3. The van der Waals surface area contributed by atoms with Gasteiger partial charge in [-0.15, -0.1) is 0 Å². The van der Waals surface area contributed by atoms with Crippen molar-refractivity contribution in [2.75, 3.05) is 36.5 Å². The minimum absolute atomic E-state index is 0.0892. The van der Waals surface area contributed by atoms with E-state index in [4.69, 9.17) is 4.74 Å². The molecule has 6 nitrogen and oxygen atoms in total. The van der Waals surface area contributed by atoms with Crippen LogP contribution in [0.5, 0.6) is 0 Å². The molecule has 6 heteroatoms. The van der Waals surface area contributed by atoms with Gasteiger partial charge in [0.2, 0.25) is 0 Å². The van der Waals surface area contributed by atoms with Crippen LogP contribution in [0.15, 0.2) is 42.5 Å². The quantitative estimate of drug-likeness (QED) is 0.676. The highest BCUT2D eigenvalue weighted by Crippen LogP contribution is 2.28. The molecule has 32 heavy (non-hydrogen) atoms. The maximum atomic E-state index is 13.1. The second-order valence-electron chi connectivity index (χ2n) is 8.63. The summed E-state index contributed by atoms with van der Waals surface area (Å²) in [7, 11) is 0. The Balaban J connectivity index is 1.52. The Bertz CT molecular complexity index is 930. The van der Waals surface area contributed by atoms with Gasteiger partial charge in [-0.2, -0.15) is 0 Å². The number of hydrogen-bond donors (Lipinski definition) is 2. The molecule has 4 rings (SSSR count). The van der Waals surface area contributed by atoms with Crippen LogP contribution in [0.1, 0.15) is 65.3 Å². The molecule has 1 unspecified atom stereocenters. The Morgan fingerprint density at radius 2 is 1.78 bits per heavy atom. The van der Waals surface area contributed by atoms with Gasteiger partial charge in [0, 0.05) is 43.2 Å². The molecule has 2 saturated heterocycles. The predicted molar refractivity (Wildman–Crippen MR) is 128 cm³/mol. The van der Waals surface area contributed by atoms with Crippen LogP contribution in [0.2, 0.25) is 0 Å². The lowest BCUT2D eigenvalue weighted by molar-refractivity contribution is 0.0858. The molecule has 1 atom stereocenters. The third-order valence-corrected chi connectivity index (χ3v) is 6.33. The second-order valence-corrected chi connectivity index (χ2v) is 8.63. The first kappa shape index (κ1) is 22.3. The van der Waals surface area contributed by atoms with E-state index >= 15 is 0 Å². The van der Waals surface area contributed by atoms with Crippen molar-refractivity contribution in [1.29, 1.82) is 0 Å². The van der Waals surface area contributed by atoms with Crippen LogP contribution in [-0.2, 0) is 11.2 Å². The van der Waals surface area contributed by atoms with Crippen molar-refractivity contribution in [2.24, 2.45) is 0 Å². The van der Waals surface area contributed by atoms with Crippen LogP contribution < -0.4 is 15.5 Å². The number of rotatable bonds is 7. The Morgan fingerprint density at radius 1 is 1.00 bits per heavy atom. The molecule has 0 saturated carbocycles. The fraction of sp³-hybridized carbons (Fsp3) is 0.462. The number of benzene rings is 2. The Labute approximate surface area is 190 Å². The van der Waals surface area contributed by atoms with Gasteiger partial charge in [-0.1, -0.05) is 19.1 Å². The van der Waals surface area contributed by atoms with E-state index in [0.29, 0.717) is 23.4 Å². The molecule has 0 radical (unpaired) electrons. The number of amides is 2. The van der Waals surface area contributed by atoms with Gasteiger partial charge < -0.3 is 20.3 Å². The van der Waals surface area contributed by atoms with E-state index in [1.54, 1.807) is 6.07 Å². The molecule has 2 N–H and O–H groups in total. The number of anilines is 2. The number of ether oxygens (including phenoxy) is 1. The van der Waals surface area contributed by atoms with Crippen LogP contribution in [0, 0.1) is 0 Å². The van der Waals surface area contributed by atoms with Gasteiger partial charge in [0.1, 0.15) is 0 Å². The van der Waals surface area contributed by atoms with Crippen molar-refractivity contribution in [3.05, 3.63) is 59.2 Å². The number of carbonyl (C=O) groups is 2. The number of hydrogen-bond acceptors (Lipinski definition) is 4. The van der Waals surface area contributed by atoms with Crippen LogP contribution in [0.25, 0.3) is 0 Å². The first-order valence-electron chi connectivity index (χ1n) is 11.8. The van der Waals surface area contributed by atoms with E-state index in [0.717, 1.165) is 57.5 Å². The van der Waals surface area contributed by atoms with E-state index in [1.807, 2.05) is 36.4 Å². The summed E-state index contributed by atoms with van der Waals surface area (Å²) in [6.45, 7) is 5.26. The van der Waals surface area contributed by atoms with Gasteiger partial charge >= 0.3 is 0 Å². The Hall–Kier alpha value is -2.86. The van der Waals surface area contributed by atoms with Gasteiger partial charge in [0.15, 0.2) is 0 Å². The summed E-state index contributed by atoms with van der Waals surface area (Å²) in [5, 5.41) is 6.00. The number of carbonyl (C=O) groups excluding carboxylic acids is 2. The normalized spacial score (nSPS) is 18.4. The van der Waals surface area contributed by atoms with Crippen LogP contribution >= 0.6 is 0 Å². The van der Waals surface area contributed by atoms with Crippen molar-refractivity contribution in [1.82, 2.24) is 5.32 Å². The molecule has 2 aliphatic rings. The van der Waals surface area contributed by atoms with Crippen molar-refractivity contribution in [2.45, 2.75) is 51.6 Å². The van der Waals surface area contributed by atoms with Crippen LogP contribution in [0.3, 0.4) is 0 Å². The summed E-state index contributed by atoms with van der Waals surface area (Å²) >= 11 is 0. The van der Waals surface area contributed by atoms with E-state index in [-0.39, 0.29) is 17.9 Å². The summed E-state index contributed by atoms with van der Waals surface area (Å²) in [6.07, 6.45) is 6.52. The lowest BCUT2D eigenvalue weighted by Crippen LogP contribution is -2.35. The molecule has 2 heterocycles.